The van der Waals surface area contributed by atoms with Crippen LogP contribution in [0.1, 0.15) is 5.56 Å². The number of ether oxygens (including phenoxy) is 1. The molecule has 0 saturated carbocycles. The van der Waals surface area contributed by atoms with E-state index in [9.17, 15) is 0 Å². The monoisotopic (exact) mass is 669 g/mol. The fourth-order valence-electron chi connectivity index (χ4n) is 4.68. The molecule has 0 spiro atoms. The molecule has 1 aliphatic heterocycles. The third kappa shape index (κ3) is 4.34. The summed E-state index contributed by atoms with van der Waals surface area (Å²) in [4.78, 5) is 17.8. The van der Waals surface area contributed by atoms with Gasteiger partial charge in [0.2, 0.25) is 0 Å². The molecule has 0 unspecified atom stereocenters. The summed E-state index contributed by atoms with van der Waals surface area (Å²) in [5.74, 6) is 1.54. The topological polar surface area (TPSA) is 62.0 Å². The first-order valence-corrected chi connectivity index (χ1v) is 12.1. The summed E-state index contributed by atoms with van der Waals surface area (Å²) in [5, 5.41) is 3.51. The molecule has 0 atom stereocenters. The number of hydrogen-bond donors (Lipinski definition) is 0. The van der Waals surface area contributed by atoms with Crippen molar-refractivity contribution in [1.29, 1.82) is 0 Å². The number of pyridine rings is 2. The van der Waals surface area contributed by atoms with Crippen molar-refractivity contribution < 1.29 is 24.8 Å². The maximum atomic E-state index is 5.98. The zero-order valence-corrected chi connectivity index (χ0v) is 22.5. The van der Waals surface area contributed by atoms with Gasteiger partial charge in [0.05, 0.1) is 17.8 Å². The van der Waals surface area contributed by atoms with Gasteiger partial charge in [-0.1, -0.05) is 89.1 Å². The SMILES string of the molecule is [Ir].[c-]1cc2ccccc2c2c1-c1nc3ccccc3cc1OC2.c1ccc(-c2nc3ccccc3[n-]2)nc1. The number of nitrogens with zero attached hydrogens (tertiary/aromatic N) is 4. The summed E-state index contributed by atoms with van der Waals surface area (Å²) in [5.41, 5.74) is 6.76. The molecule has 38 heavy (non-hydrogen) atoms. The van der Waals surface area contributed by atoms with E-state index in [-0.39, 0.29) is 20.1 Å². The average Bonchev–Trinajstić information content (AvgIpc) is 3.41. The van der Waals surface area contributed by atoms with Gasteiger partial charge in [0, 0.05) is 37.4 Å². The van der Waals surface area contributed by atoms with Gasteiger partial charge in [-0.15, -0.1) is 17.7 Å². The Labute approximate surface area is 232 Å². The van der Waals surface area contributed by atoms with E-state index in [0.29, 0.717) is 12.4 Å². The van der Waals surface area contributed by atoms with Crippen LogP contribution in [0.25, 0.3) is 55.5 Å². The number of para-hydroxylation sites is 3. The van der Waals surface area contributed by atoms with E-state index < -0.39 is 0 Å². The van der Waals surface area contributed by atoms with Crippen LogP contribution in [0.15, 0.2) is 109 Å². The second-order valence-corrected chi connectivity index (χ2v) is 8.80. The molecule has 4 aromatic carbocycles. The molecular weight excluding hydrogens is 649 g/mol. The van der Waals surface area contributed by atoms with Crippen LogP contribution < -0.4 is 9.72 Å². The van der Waals surface area contributed by atoms with Crippen molar-refractivity contribution in [1.82, 2.24) is 19.9 Å². The van der Waals surface area contributed by atoms with Gasteiger partial charge in [-0.2, -0.15) is 0 Å². The van der Waals surface area contributed by atoms with Crippen molar-refractivity contribution in [3.05, 3.63) is 121 Å². The summed E-state index contributed by atoms with van der Waals surface area (Å²) < 4.78 is 5.98. The maximum absolute atomic E-state index is 5.98. The molecule has 4 heterocycles. The first-order chi connectivity index (χ1) is 18.3. The van der Waals surface area contributed by atoms with Crippen molar-refractivity contribution in [2.75, 3.05) is 0 Å². The van der Waals surface area contributed by atoms with Crippen molar-refractivity contribution in [3.63, 3.8) is 0 Å². The quantitative estimate of drug-likeness (QED) is 0.177. The van der Waals surface area contributed by atoms with Crippen LogP contribution >= 0.6 is 0 Å². The molecule has 0 saturated heterocycles. The average molecular weight is 669 g/mol. The number of imidazole rings is 1. The summed E-state index contributed by atoms with van der Waals surface area (Å²) in [6.07, 6.45) is 1.75. The smallest absolute Gasteiger partial charge is 0.104 e. The van der Waals surface area contributed by atoms with E-state index in [2.05, 4.69) is 51.4 Å². The molecule has 8 rings (SSSR count). The zero-order valence-electron chi connectivity index (χ0n) is 20.1. The fourth-order valence-corrected chi connectivity index (χ4v) is 4.68. The summed E-state index contributed by atoms with van der Waals surface area (Å²) in [7, 11) is 0. The standard InChI is InChI=1S/C20H12NO.C12H8N3.Ir/c1-3-7-15-13(5-1)9-10-16-17(15)12-22-19-11-14-6-2-4-8-18(14)21-20(16)19;1-2-6-10-9(5-1)14-12(15-10)11-7-3-4-8-13-11;/h1-9,11H,12H2;1-8H;/q2*-1;. The molecule has 1 aliphatic rings. The molecule has 6 heteroatoms. The zero-order chi connectivity index (χ0) is 24.6. The normalized spacial score (nSPS) is 11.6. The first-order valence-electron chi connectivity index (χ1n) is 12.1. The van der Waals surface area contributed by atoms with Gasteiger partial charge in [0.15, 0.2) is 0 Å². The Balaban J connectivity index is 0.000000145. The largest absolute Gasteiger partial charge is 0.506 e. The second-order valence-electron chi connectivity index (χ2n) is 8.80. The van der Waals surface area contributed by atoms with E-state index in [1.807, 2.05) is 72.8 Å². The number of hydrogen-bond acceptors (Lipinski definition) is 4. The van der Waals surface area contributed by atoms with Crippen LogP contribution in [0.5, 0.6) is 5.75 Å². The van der Waals surface area contributed by atoms with Gasteiger partial charge in [0.25, 0.3) is 0 Å². The molecule has 0 amide bonds. The Morgan fingerprint density at radius 3 is 2.37 bits per heavy atom. The van der Waals surface area contributed by atoms with Crippen LogP contribution in [0, 0.1) is 6.07 Å². The van der Waals surface area contributed by atoms with Gasteiger partial charge in [-0.25, -0.2) is 0 Å². The van der Waals surface area contributed by atoms with Crippen molar-refractivity contribution in [3.8, 4) is 28.5 Å². The molecule has 0 bridgehead atoms. The van der Waals surface area contributed by atoms with Gasteiger partial charge in [-0.3, -0.25) is 9.97 Å². The third-order valence-electron chi connectivity index (χ3n) is 6.49. The van der Waals surface area contributed by atoms with E-state index in [1.54, 1.807) is 6.20 Å². The van der Waals surface area contributed by atoms with E-state index in [4.69, 9.17) is 9.72 Å². The van der Waals surface area contributed by atoms with E-state index in [1.165, 1.54) is 16.3 Å². The molecule has 7 aromatic rings. The number of benzene rings is 4. The van der Waals surface area contributed by atoms with Gasteiger partial charge < -0.3 is 14.7 Å². The summed E-state index contributed by atoms with van der Waals surface area (Å²) >= 11 is 0. The van der Waals surface area contributed by atoms with Crippen molar-refractivity contribution in [2.24, 2.45) is 0 Å². The molecular formula is C32H20IrN4O-2. The Morgan fingerprint density at radius 1 is 0.763 bits per heavy atom. The molecule has 1 radical (unpaired) electrons. The summed E-state index contributed by atoms with van der Waals surface area (Å²) in [6.45, 7) is 0.570. The maximum Gasteiger partial charge on any atom is 0.104 e. The minimum atomic E-state index is 0. The fraction of sp³-hybridized carbons (Fsp3) is 0.0312. The number of aromatic nitrogens is 4. The van der Waals surface area contributed by atoms with E-state index >= 15 is 0 Å². The van der Waals surface area contributed by atoms with Crippen LogP contribution in [-0.4, -0.2) is 15.0 Å². The Morgan fingerprint density at radius 2 is 1.53 bits per heavy atom. The second kappa shape index (κ2) is 10.2. The summed E-state index contributed by atoms with van der Waals surface area (Å²) in [6, 6.07) is 37.5. The third-order valence-corrected chi connectivity index (χ3v) is 6.49. The molecule has 5 nitrogen and oxygen atoms in total. The van der Waals surface area contributed by atoms with Crippen LogP contribution in [0.3, 0.4) is 0 Å². The Kier molecular flexibility index (Phi) is 6.42. The predicted octanol–water partition coefficient (Wildman–Crippen LogP) is 7.00. The van der Waals surface area contributed by atoms with Crippen molar-refractivity contribution >= 4 is 32.7 Å². The van der Waals surface area contributed by atoms with Crippen LogP contribution in [0.4, 0.5) is 0 Å². The van der Waals surface area contributed by atoms with Crippen LogP contribution in [0.2, 0.25) is 0 Å². The van der Waals surface area contributed by atoms with Gasteiger partial charge >= 0.3 is 0 Å². The molecule has 3 aromatic heterocycles. The molecule has 0 N–H and O–H groups in total. The number of fused-ring (bicyclic) bond motifs is 7. The van der Waals surface area contributed by atoms with Crippen molar-refractivity contribution in [2.45, 2.75) is 6.61 Å². The Hall–Kier alpha value is -4.38. The minimum absolute atomic E-state index is 0. The minimum Gasteiger partial charge on any atom is -0.506 e. The molecule has 185 valence electrons. The molecule has 0 fully saturated rings. The number of rotatable bonds is 1. The first kappa shape index (κ1) is 24.0. The Bertz CT molecular complexity index is 1860. The van der Waals surface area contributed by atoms with E-state index in [0.717, 1.165) is 44.6 Å². The predicted molar refractivity (Wildman–Crippen MR) is 146 cm³/mol. The van der Waals surface area contributed by atoms with Crippen LogP contribution in [-0.2, 0) is 26.7 Å². The van der Waals surface area contributed by atoms with Gasteiger partial charge in [-0.05, 0) is 41.1 Å². The van der Waals surface area contributed by atoms with Gasteiger partial charge in [0.1, 0.15) is 5.75 Å². The molecule has 0 aliphatic carbocycles.